The summed E-state index contributed by atoms with van der Waals surface area (Å²) in [5.41, 5.74) is 1.15. The molecule has 1 amide bonds. The SMILES string of the molecule is Cc1ccc(C(=O)NCC2(C)CCNCC2)cc1S(C)(=O)=O.Cl. The first kappa shape index (κ1) is 19.9. The smallest absolute Gasteiger partial charge is 0.251 e. The third-order valence-electron chi connectivity index (χ3n) is 4.34. The maximum atomic E-state index is 12.3. The van der Waals surface area contributed by atoms with Crippen molar-refractivity contribution in [2.24, 2.45) is 5.41 Å². The van der Waals surface area contributed by atoms with Gasteiger partial charge in [-0.1, -0.05) is 13.0 Å². The summed E-state index contributed by atoms with van der Waals surface area (Å²) in [6.45, 7) is 6.44. The van der Waals surface area contributed by atoms with Gasteiger partial charge in [0.15, 0.2) is 9.84 Å². The Labute approximate surface area is 144 Å². The van der Waals surface area contributed by atoms with E-state index in [1.807, 2.05) is 0 Å². The number of benzene rings is 1. The van der Waals surface area contributed by atoms with Crippen LogP contribution in [-0.4, -0.2) is 40.2 Å². The van der Waals surface area contributed by atoms with Crippen molar-refractivity contribution in [3.05, 3.63) is 29.3 Å². The largest absolute Gasteiger partial charge is 0.351 e. The van der Waals surface area contributed by atoms with E-state index in [0.717, 1.165) is 32.2 Å². The average Bonchev–Trinajstić information content (AvgIpc) is 2.45. The quantitative estimate of drug-likeness (QED) is 0.860. The molecule has 5 nitrogen and oxygen atoms in total. The predicted molar refractivity (Wildman–Crippen MR) is 94.1 cm³/mol. The van der Waals surface area contributed by atoms with Gasteiger partial charge in [0.05, 0.1) is 4.90 Å². The number of carbonyl (C=O) groups excluding carboxylic acids is 1. The van der Waals surface area contributed by atoms with Crippen molar-refractivity contribution < 1.29 is 13.2 Å². The molecule has 0 spiro atoms. The number of carbonyl (C=O) groups is 1. The molecule has 0 bridgehead atoms. The summed E-state index contributed by atoms with van der Waals surface area (Å²) < 4.78 is 23.5. The molecule has 1 heterocycles. The molecule has 0 aliphatic carbocycles. The highest BCUT2D eigenvalue weighted by atomic mass is 35.5. The number of rotatable bonds is 4. The van der Waals surface area contributed by atoms with Crippen molar-refractivity contribution in [3.8, 4) is 0 Å². The van der Waals surface area contributed by atoms with Gasteiger partial charge in [0.1, 0.15) is 0 Å². The summed E-state index contributed by atoms with van der Waals surface area (Å²) in [5.74, 6) is -0.218. The lowest BCUT2D eigenvalue weighted by atomic mass is 9.81. The molecular weight excluding hydrogens is 336 g/mol. The van der Waals surface area contributed by atoms with Gasteiger partial charge >= 0.3 is 0 Å². The average molecular weight is 361 g/mol. The second kappa shape index (κ2) is 7.64. The fraction of sp³-hybridized carbons (Fsp3) is 0.562. The van der Waals surface area contributed by atoms with E-state index in [1.54, 1.807) is 19.1 Å². The molecular formula is C16H25ClN2O3S. The van der Waals surface area contributed by atoms with Crippen molar-refractivity contribution >= 4 is 28.2 Å². The maximum absolute atomic E-state index is 12.3. The molecule has 1 aromatic rings. The van der Waals surface area contributed by atoms with Gasteiger partial charge in [-0.2, -0.15) is 0 Å². The van der Waals surface area contributed by atoms with Crippen LogP contribution in [0.25, 0.3) is 0 Å². The van der Waals surface area contributed by atoms with E-state index in [-0.39, 0.29) is 28.6 Å². The number of hydrogen-bond acceptors (Lipinski definition) is 4. The molecule has 2 N–H and O–H groups in total. The minimum absolute atomic E-state index is 0. The summed E-state index contributed by atoms with van der Waals surface area (Å²) >= 11 is 0. The summed E-state index contributed by atoms with van der Waals surface area (Å²) in [6, 6.07) is 4.81. The van der Waals surface area contributed by atoms with Gasteiger partial charge in [-0.05, 0) is 56.0 Å². The molecule has 2 rings (SSSR count). The van der Waals surface area contributed by atoms with E-state index in [0.29, 0.717) is 17.7 Å². The molecule has 0 radical (unpaired) electrons. The van der Waals surface area contributed by atoms with Gasteiger partial charge in [0, 0.05) is 18.4 Å². The minimum Gasteiger partial charge on any atom is -0.351 e. The number of amides is 1. The zero-order valence-corrected chi connectivity index (χ0v) is 15.4. The van der Waals surface area contributed by atoms with Crippen molar-refractivity contribution in [2.45, 2.75) is 31.6 Å². The molecule has 1 aliphatic rings. The van der Waals surface area contributed by atoms with Gasteiger partial charge in [-0.3, -0.25) is 4.79 Å². The van der Waals surface area contributed by atoms with Crippen LogP contribution < -0.4 is 10.6 Å². The molecule has 7 heteroatoms. The van der Waals surface area contributed by atoms with E-state index >= 15 is 0 Å². The molecule has 1 aliphatic heterocycles. The lowest BCUT2D eigenvalue weighted by Crippen LogP contribution is -2.42. The highest BCUT2D eigenvalue weighted by molar-refractivity contribution is 7.90. The Bertz CT molecular complexity index is 668. The van der Waals surface area contributed by atoms with Gasteiger partial charge in [0.25, 0.3) is 5.91 Å². The lowest BCUT2D eigenvalue weighted by Gasteiger charge is -2.34. The summed E-state index contributed by atoms with van der Waals surface area (Å²) in [5, 5.41) is 6.26. The highest BCUT2D eigenvalue weighted by Crippen LogP contribution is 2.27. The first-order valence-electron chi connectivity index (χ1n) is 7.51. The molecule has 0 atom stereocenters. The molecule has 0 saturated carbocycles. The highest BCUT2D eigenvalue weighted by Gasteiger charge is 2.27. The van der Waals surface area contributed by atoms with Gasteiger partial charge in [-0.25, -0.2) is 8.42 Å². The van der Waals surface area contributed by atoms with Crippen molar-refractivity contribution in [1.29, 1.82) is 0 Å². The standard InChI is InChI=1S/C16H24N2O3S.ClH/c1-12-4-5-13(10-14(12)22(3,20)21)15(19)18-11-16(2)6-8-17-9-7-16;/h4-5,10,17H,6-9,11H2,1-3H3,(H,18,19);1H. The van der Waals surface area contributed by atoms with Crippen LogP contribution in [0.4, 0.5) is 0 Å². The minimum atomic E-state index is -3.33. The summed E-state index contributed by atoms with van der Waals surface area (Å²) in [6.07, 6.45) is 3.21. The van der Waals surface area contributed by atoms with Crippen LogP contribution in [0.2, 0.25) is 0 Å². The Hall–Kier alpha value is -1.11. The Morgan fingerprint density at radius 1 is 1.30 bits per heavy atom. The monoisotopic (exact) mass is 360 g/mol. The van der Waals surface area contributed by atoms with E-state index in [2.05, 4.69) is 17.6 Å². The number of hydrogen-bond donors (Lipinski definition) is 2. The van der Waals surface area contributed by atoms with Gasteiger partial charge in [-0.15, -0.1) is 12.4 Å². The molecule has 0 aromatic heterocycles. The Morgan fingerprint density at radius 3 is 2.48 bits per heavy atom. The zero-order valence-electron chi connectivity index (χ0n) is 13.8. The van der Waals surface area contributed by atoms with Crippen LogP contribution in [0.3, 0.4) is 0 Å². The molecule has 1 fully saturated rings. The normalized spacial score (nSPS) is 17.2. The Kier molecular flexibility index (Phi) is 6.62. The topological polar surface area (TPSA) is 75.3 Å². The molecule has 1 aromatic carbocycles. The fourth-order valence-electron chi connectivity index (χ4n) is 2.74. The summed E-state index contributed by atoms with van der Waals surface area (Å²) in [7, 11) is -3.33. The van der Waals surface area contributed by atoms with E-state index in [9.17, 15) is 13.2 Å². The zero-order chi connectivity index (χ0) is 16.4. The third kappa shape index (κ3) is 5.19. The fourth-order valence-corrected chi connectivity index (χ4v) is 3.74. The van der Waals surface area contributed by atoms with Crippen LogP contribution in [0.1, 0.15) is 35.7 Å². The third-order valence-corrected chi connectivity index (χ3v) is 5.57. The second-order valence-corrected chi connectivity index (χ2v) is 8.48. The molecule has 130 valence electrons. The number of piperidine rings is 1. The number of nitrogens with one attached hydrogen (secondary N) is 2. The van der Waals surface area contributed by atoms with Gasteiger partial charge < -0.3 is 10.6 Å². The van der Waals surface area contributed by atoms with E-state index in [4.69, 9.17) is 0 Å². The Morgan fingerprint density at radius 2 is 1.91 bits per heavy atom. The molecule has 0 unspecified atom stereocenters. The first-order valence-corrected chi connectivity index (χ1v) is 9.40. The summed E-state index contributed by atoms with van der Waals surface area (Å²) in [4.78, 5) is 12.5. The van der Waals surface area contributed by atoms with Gasteiger partial charge in [0.2, 0.25) is 0 Å². The Balaban J connectivity index is 0.00000264. The van der Waals surface area contributed by atoms with Crippen molar-refractivity contribution in [1.82, 2.24) is 10.6 Å². The van der Waals surface area contributed by atoms with E-state index < -0.39 is 9.84 Å². The van der Waals surface area contributed by atoms with Crippen LogP contribution in [0, 0.1) is 12.3 Å². The first-order chi connectivity index (χ1) is 10.2. The van der Waals surface area contributed by atoms with Crippen molar-refractivity contribution in [2.75, 3.05) is 25.9 Å². The second-order valence-electron chi connectivity index (χ2n) is 6.50. The molecule has 1 saturated heterocycles. The van der Waals surface area contributed by atoms with E-state index in [1.165, 1.54) is 6.07 Å². The number of halogens is 1. The van der Waals surface area contributed by atoms with Crippen LogP contribution in [0.15, 0.2) is 23.1 Å². The lowest BCUT2D eigenvalue weighted by molar-refractivity contribution is 0.0922. The maximum Gasteiger partial charge on any atom is 0.251 e. The predicted octanol–water partition coefficient (Wildman–Crippen LogP) is 1.94. The molecule has 23 heavy (non-hydrogen) atoms. The van der Waals surface area contributed by atoms with Crippen molar-refractivity contribution in [3.63, 3.8) is 0 Å². The van der Waals surface area contributed by atoms with Crippen LogP contribution >= 0.6 is 12.4 Å². The number of sulfone groups is 1. The van der Waals surface area contributed by atoms with Crippen LogP contribution in [0.5, 0.6) is 0 Å². The number of aryl methyl sites for hydroxylation is 1. The van der Waals surface area contributed by atoms with Crippen LogP contribution in [-0.2, 0) is 9.84 Å².